The smallest absolute Gasteiger partial charge is 0.0898 e. The summed E-state index contributed by atoms with van der Waals surface area (Å²) in [7, 11) is 0. The van der Waals surface area contributed by atoms with Crippen molar-refractivity contribution in [2.45, 2.75) is 25.7 Å². The molecule has 108 valence electrons. The Kier molecular flexibility index (Phi) is 6.14. The molecule has 2 aromatic rings. The molecule has 0 aliphatic rings. The van der Waals surface area contributed by atoms with Crippen molar-refractivity contribution in [2.75, 3.05) is 13.2 Å². The highest BCUT2D eigenvalue weighted by atomic mass is 32.1. The van der Waals surface area contributed by atoms with Crippen LogP contribution < -0.4 is 5.32 Å². The van der Waals surface area contributed by atoms with Gasteiger partial charge in [0.15, 0.2) is 0 Å². The van der Waals surface area contributed by atoms with Gasteiger partial charge < -0.3 is 15.2 Å². The second kappa shape index (κ2) is 8.11. The fourth-order valence-electron chi connectivity index (χ4n) is 1.81. The Hall–Kier alpha value is -1.27. The number of hydrogen-bond donors (Lipinski definition) is 2. The monoisotopic (exact) mass is 292 g/mol. The first kappa shape index (κ1) is 15.1. The van der Waals surface area contributed by atoms with Gasteiger partial charge in [-0.3, -0.25) is 4.98 Å². The summed E-state index contributed by atoms with van der Waals surface area (Å²) in [6.45, 7) is 3.45. The van der Waals surface area contributed by atoms with Gasteiger partial charge in [0.1, 0.15) is 0 Å². The quantitative estimate of drug-likeness (QED) is 0.784. The van der Waals surface area contributed by atoms with Gasteiger partial charge in [-0.05, 0) is 30.0 Å². The Labute approximate surface area is 123 Å². The van der Waals surface area contributed by atoms with Crippen LogP contribution in [0.5, 0.6) is 0 Å². The lowest BCUT2D eigenvalue weighted by atomic mass is 10.1. The van der Waals surface area contributed by atoms with Crippen LogP contribution in [0.1, 0.15) is 23.4 Å². The minimum Gasteiger partial charge on any atom is -0.389 e. The van der Waals surface area contributed by atoms with Crippen molar-refractivity contribution in [1.29, 1.82) is 0 Å². The first-order valence-corrected chi connectivity index (χ1v) is 7.55. The Morgan fingerprint density at radius 3 is 3.00 bits per heavy atom. The van der Waals surface area contributed by atoms with Gasteiger partial charge in [-0.25, -0.2) is 0 Å². The minimum atomic E-state index is -0.505. The maximum absolute atomic E-state index is 9.87. The minimum absolute atomic E-state index is 0.163. The summed E-state index contributed by atoms with van der Waals surface area (Å²) in [6.07, 6.45) is 3.08. The van der Waals surface area contributed by atoms with E-state index in [0.29, 0.717) is 19.8 Å². The van der Waals surface area contributed by atoms with Gasteiger partial charge in [0.2, 0.25) is 0 Å². The second-order valence-corrected chi connectivity index (χ2v) is 5.70. The Morgan fingerprint density at radius 2 is 2.30 bits per heavy atom. The maximum Gasteiger partial charge on any atom is 0.0898 e. The van der Waals surface area contributed by atoms with Crippen LogP contribution in [-0.2, 0) is 11.3 Å². The molecule has 2 atom stereocenters. The van der Waals surface area contributed by atoms with Crippen LogP contribution in [0.15, 0.2) is 42.0 Å². The van der Waals surface area contributed by atoms with E-state index in [1.165, 1.54) is 4.88 Å². The standard InChI is InChI=1S/C15H20N2O2S/c1-12(13-4-2-6-16-8-13)17-9-14(18)10-19-11-15-5-3-7-20-15/h2-8,12,14,17-18H,9-11H2,1H3/t12-,14?/m1/s1. The normalized spacial score (nSPS) is 14.1. The first-order valence-electron chi connectivity index (χ1n) is 6.67. The molecule has 0 amide bonds. The maximum atomic E-state index is 9.87. The summed E-state index contributed by atoms with van der Waals surface area (Å²) in [4.78, 5) is 5.26. The third kappa shape index (κ3) is 5.02. The summed E-state index contributed by atoms with van der Waals surface area (Å²) >= 11 is 1.66. The molecule has 0 saturated heterocycles. The van der Waals surface area contributed by atoms with Gasteiger partial charge in [0, 0.05) is 29.9 Å². The number of aliphatic hydroxyl groups excluding tert-OH is 1. The predicted octanol–water partition coefficient (Wildman–Crippen LogP) is 2.37. The lowest BCUT2D eigenvalue weighted by Crippen LogP contribution is -2.32. The van der Waals surface area contributed by atoms with Crippen LogP contribution >= 0.6 is 11.3 Å². The van der Waals surface area contributed by atoms with Crippen LogP contribution in [0.25, 0.3) is 0 Å². The van der Waals surface area contributed by atoms with E-state index in [2.05, 4.69) is 17.2 Å². The molecule has 0 aromatic carbocycles. The van der Waals surface area contributed by atoms with E-state index in [1.54, 1.807) is 17.5 Å². The molecule has 0 bridgehead atoms. The molecule has 20 heavy (non-hydrogen) atoms. The van der Waals surface area contributed by atoms with Crippen molar-refractivity contribution in [3.63, 3.8) is 0 Å². The average Bonchev–Trinajstić information content (AvgIpc) is 2.99. The number of aliphatic hydroxyl groups is 1. The molecule has 0 radical (unpaired) electrons. The molecule has 5 heteroatoms. The fraction of sp³-hybridized carbons (Fsp3) is 0.400. The second-order valence-electron chi connectivity index (χ2n) is 4.66. The molecule has 4 nitrogen and oxygen atoms in total. The predicted molar refractivity (Wildman–Crippen MR) is 80.6 cm³/mol. The number of hydrogen-bond acceptors (Lipinski definition) is 5. The van der Waals surface area contributed by atoms with Crippen molar-refractivity contribution in [2.24, 2.45) is 0 Å². The van der Waals surface area contributed by atoms with E-state index in [1.807, 2.05) is 35.8 Å². The van der Waals surface area contributed by atoms with Crippen molar-refractivity contribution < 1.29 is 9.84 Å². The van der Waals surface area contributed by atoms with Gasteiger partial charge >= 0.3 is 0 Å². The molecule has 0 spiro atoms. The molecule has 0 saturated carbocycles. The highest BCUT2D eigenvalue weighted by molar-refractivity contribution is 7.09. The van der Waals surface area contributed by atoms with Crippen LogP contribution in [0.4, 0.5) is 0 Å². The number of aromatic nitrogens is 1. The van der Waals surface area contributed by atoms with Crippen LogP contribution in [0, 0.1) is 0 Å². The first-order chi connectivity index (χ1) is 9.75. The van der Waals surface area contributed by atoms with Crippen LogP contribution in [0.2, 0.25) is 0 Å². The summed E-state index contributed by atoms with van der Waals surface area (Å²) < 4.78 is 5.49. The van der Waals surface area contributed by atoms with Crippen LogP contribution in [-0.4, -0.2) is 29.3 Å². The van der Waals surface area contributed by atoms with Crippen molar-refractivity contribution in [1.82, 2.24) is 10.3 Å². The van der Waals surface area contributed by atoms with Gasteiger partial charge in [-0.1, -0.05) is 12.1 Å². The lowest BCUT2D eigenvalue weighted by molar-refractivity contribution is 0.0288. The third-order valence-corrected chi connectivity index (χ3v) is 3.83. The van der Waals surface area contributed by atoms with E-state index in [9.17, 15) is 5.11 Å². The average molecular weight is 292 g/mol. The summed E-state index contributed by atoms with van der Waals surface area (Å²) in [5.41, 5.74) is 1.11. The van der Waals surface area contributed by atoms with Crippen molar-refractivity contribution >= 4 is 11.3 Å². The molecule has 2 rings (SSSR count). The number of nitrogens with zero attached hydrogens (tertiary/aromatic N) is 1. The van der Waals surface area contributed by atoms with E-state index in [0.717, 1.165) is 5.56 Å². The highest BCUT2D eigenvalue weighted by Crippen LogP contribution is 2.11. The summed E-state index contributed by atoms with van der Waals surface area (Å²) in [6, 6.07) is 8.12. The summed E-state index contributed by atoms with van der Waals surface area (Å²) in [5.74, 6) is 0. The van der Waals surface area contributed by atoms with Crippen molar-refractivity contribution in [3.05, 3.63) is 52.5 Å². The lowest BCUT2D eigenvalue weighted by Gasteiger charge is -2.17. The van der Waals surface area contributed by atoms with Gasteiger partial charge in [0.25, 0.3) is 0 Å². The van der Waals surface area contributed by atoms with Gasteiger partial charge in [-0.15, -0.1) is 11.3 Å². The van der Waals surface area contributed by atoms with Crippen molar-refractivity contribution in [3.8, 4) is 0 Å². The SMILES string of the molecule is C[C@@H](NCC(O)COCc1cccs1)c1cccnc1. The molecular weight excluding hydrogens is 272 g/mol. The molecule has 0 aliphatic heterocycles. The van der Waals surface area contributed by atoms with E-state index in [-0.39, 0.29) is 6.04 Å². The molecule has 1 unspecified atom stereocenters. The number of ether oxygens (including phenoxy) is 1. The molecular formula is C15H20N2O2S. The summed E-state index contributed by atoms with van der Waals surface area (Å²) in [5, 5.41) is 15.2. The Morgan fingerprint density at radius 1 is 1.40 bits per heavy atom. The fourth-order valence-corrected chi connectivity index (χ4v) is 2.45. The van der Waals surface area contributed by atoms with E-state index in [4.69, 9.17) is 4.74 Å². The number of thiophene rings is 1. The highest BCUT2D eigenvalue weighted by Gasteiger charge is 2.09. The van der Waals surface area contributed by atoms with Gasteiger partial charge in [-0.2, -0.15) is 0 Å². The van der Waals surface area contributed by atoms with E-state index < -0.39 is 6.10 Å². The number of rotatable bonds is 8. The Balaban J connectivity index is 1.63. The van der Waals surface area contributed by atoms with Gasteiger partial charge in [0.05, 0.1) is 19.3 Å². The molecule has 0 aliphatic carbocycles. The molecule has 2 aromatic heterocycles. The molecule has 2 N–H and O–H groups in total. The van der Waals surface area contributed by atoms with Crippen LogP contribution in [0.3, 0.4) is 0 Å². The van der Waals surface area contributed by atoms with E-state index >= 15 is 0 Å². The zero-order chi connectivity index (χ0) is 14.2. The molecule has 2 heterocycles. The molecule has 0 fully saturated rings. The number of pyridine rings is 1. The largest absolute Gasteiger partial charge is 0.389 e. The zero-order valence-corrected chi connectivity index (χ0v) is 12.3. The number of nitrogens with one attached hydrogen (secondary N) is 1. The topological polar surface area (TPSA) is 54.4 Å². The Bertz CT molecular complexity index is 476. The zero-order valence-electron chi connectivity index (χ0n) is 11.5. The third-order valence-electron chi connectivity index (χ3n) is 2.98.